The van der Waals surface area contributed by atoms with Crippen LogP contribution in [0.25, 0.3) is 11.8 Å². The van der Waals surface area contributed by atoms with Crippen molar-refractivity contribution in [3.63, 3.8) is 0 Å². The first-order valence-electron chi connectivity index (χ1n) is 7.56. The van der Waals surface area contributed by atoms with E-state index in [0.717, 1.165) is 21.9 Å². The Morgan fingerprint density at radius 2 is 1.96 bits per heavy atom. The maximum atomic E-state index is 10.3. The van der Waals surface area contributed by atoms with Crippen LogP contribution < -0.4 is 25.2 Å². The monoisotopic (exact) mass is 315 g/mol. The highest BCUT2D eigenvalue weighted by atomic mass is 16.5. The molecule has 1 heterocycles. The van der Waals surface area contributed by atoms with Gasteiger partial charge < -0.3 is 24.3 Å². The third-order valence-electron chi connectivity index (χ3n) is 4.20. The summed E-state index contributed by atoms with van der Waals surface area (Å²) in [5.74, 6) is 2.11. The Balaban J connectivity index is 2.09. The number of nitrogens with one attached hydrogen (secondary N) is 1. The molecule has 2 atom stereocenters. The fraction of sp³-hybridized carbons (Fsp3) is 0.333. The van der Waals surface area contributed by atoms with E-state index in [4.69, 9.17) is 13.9 Å². The molecule has 0 saturated carbocycles. The van der Waals surface area contributed by atoms with Gasteiger partial charge in [-0.3, -0.25) is 0 Å². The zero-order chi connectivity index (χ0) is 16.4. The first-order chi connectivity index (χ1) is 11.1. The highest BCUT2D eigenvalue weighted by Crippen LogP contribution is 2.24. The average molecular weight is 315 g/mol. The molecule has 3 rings (SSSR count). The third kappa shape index (κ3) is 2.92. The quantitative estimate of drug-likeness (QED) is 0.861. The number of fused-ring (bicyclic) bond motifs is 1. The molecule has 1 aromatic carbocycles. The number of furan rings is 1. The van der Waals surface area contributed by atoms with Gasteiger partial charge in [0.25, 0.3) is 0 Å². The molecule has 0 spiro atoms. The summed E-state index contributed by atoms with van der Waals surface area (Å²) in [7, 11) is 3.22. The van der Waals surface area contributed by atoms with Crippen molar-refractivity contribution in [1.82, 2.24) is 5.32 Å². The van der Waals surface area contributed by atoms with Crippen LogP contribution in [0.5, 0.6) is 11.5 Å². The maximum absolute atomic E-state index is 10.3. The van der Waals surface area contributed by atoms with E-state index in [1.807, 2.05) is 37.3 Å². The third-order valence-corrected chi connectivity index (χ3v) is 4.20. The van der Waals surface area contributed by atoms with E-state index in [2.05, 4.69) is 5.32 Å². The minimum Gasteiger partial charge on any atom is -0.493 e. The van der Waals surface area contributed by atoms with Crippen LogP contribution in [-0.4, -0.2) is 25.4 Å². The van der Waals surface area contributed by atoms with Crippen LogP contribution in [-0.2, 0) is 6.54 Å². The molecule has 0 fully saturated rings. The van der Waals surface area contributed by atoms with Gasteiger partial charge in [0.15, 0.2) is 11.5 Å². The van der Waals surface area contributed by atoms with Crippen molar-refractivity contribution >= 4 is 11.8 Å². The number of aliphatic hydroxyl groups is 1. The van der Waals surface area contributed by atoms with E-state index in [-0.39, 0.29) is 5.92 Å². The largest absolute Gasteiger partial charge is 0.493 e. The Morgan fingerprint density at radius 1 is 1.22 bits per heavy atom. The predicted octanol–water partition coefficient (Wildman–Crippen LogP) is 0.986. The van der Waals surface area contributed by atoms with Crippen LogP contribution in [0.15, 0.2) is 34.9 Å². The second-order valence-electron chi connectivity index (χ2n) is 5.59. The minimum atomic E-state index is -0.556. The summed E-state index contributed by atoms with van der Waals surface area (Å²) < 4.78 is 16.1. The van der Waals surface area contributed by atoms with E-state index in [1.54, 1.807) is 20.5 Å². The van der Waals surface area contributed by atoms with Crippen LogP contribution in [0, 0.1) is 5.92 Å². The molecule has 2 N–H and O–H groups in total. The highest BCUT2D eigenvalue weighted by Gasteiger charge is 2.22. The van der Waals surface area contributed by atoms with Crippen LogP contribution >= 0.6 is 0 Å². The summed E-state index contributed by atoms with van der Waals surface area (Å²) in [6.07, 6.45) is 2.94. The molecule has 5 heteroatoms. The van der Waals surface area contributed by atoms with E-state index in [0.29, 0.717) is 18.0 Å². The molecule has 0 saturated heterocycles. The SMILES string of the molecule is COc1cc2c(cc1OC)=C(NCc1ccco1)C(C)C(O)C=2. The Morgan fingerprint density at radius 3 is 2.61 bits per heavy atom. The average Bonchev–Trinajstić information content (AvgIpc) is 3.07. The zero-order valence-corrected chi connectivity index (χ0v) is 13.5. The van der Waals surface area contributed by atoms with Crippen LogP contribution in [0.4, 0.5) is 0 Å². The van der Waals surface area contributed by atoms with Crippen LogP contribution in [0.1, 0.15) is 12.7 Å². The number of rotatable bonds is 5. The van der Waals surface area contributed by atoms with E-state index < -0.39 is 6.10 Å². The predicted molar refractivity (Wildman–Crippen MR) is 87.4 cm³/mol. The summed E-state index contributed by atoms with van der Waals surface area (Å²) >= 11 is 0. The van der Waals surface area contributed by atoms with Gasteiger partial charge in [0.2, 0.25) is 0 Å². The second kappa shape index (κ2) is 6.38. The summed E-state index contributed by atoms with van der Waals surface area (Å²) in [6, 6.07) is 7.60. The van der Waals surface area contributed by atoms with E-state index in [9.17, 15) is 5.11 Å². The molecule has 2 unspecified atom stereocenters. The Bertz CT molecular complexity index is 795. The zero-order valence-electron chi connectivity index (χ0n) is 13.5. The Kier molecular flexibility index (Phi) is 4.30. The number of methoxy groups -OCH3 is 2. The minimum absolute atomic E-state index is 0.0458. The Labute approximate surface area is 134 Å². The van der Waals surface area contributed by atoms with Crippen molar-refractivity contribution in [1.29, 1.82) is 0 Å². The number of hydrogen-bond acceptors (Lipinski definition) is 5. The second-order valence-corrected chi connectivity index (χ2v) is 5.59. The van der Waals surface area contributed by atoms with Gasteiger partial charge in [-0.1, -0.05) is 6.92 Å². The lowest BCUT2D eigenvalue weighted by atomic mass is 9.92. The maximum Gasteiger partial charge on any atom is 0.161 e. The van der Waals surface area contributed by atoms with Gasteiger partial charge in [0.1, 0.15) is 5.76 Å². The lowest BCUT2D eigenvalue weighted by Crippen LogP contribution is -2.42. The van der Waals surface area contributed by atoms with Crippen molar-refractivity contribution in [2.45, 2.75) is 19.6 Å². The molecular weight excluding hydrogens is 294 g/mol. The van der Waals surface area contributed by atoms with Gasteiger partial charge >= 0.3 is 0 Å². The molecule has 0 bridgehead atoms. The van der Waals surface area contributed by atoms with Crippen LogP contribution in [0.2, 0.25) is 0 Å². The molecule has 0 aliphatic heterocycles. The number of benzene rings is 1. The molecular formula is C18H21NO4. The Hall–Kier alpha value is -2.40. The van der Waals surface area contributed by atoms with Crippen LogP contribution in [0.3, 0.4) is 0 Å². The molecule has 5 nitrogen and oxygen atoms in total. The van der Waals surface area contributed by atoms with Crippen molar-refractivity contribution < 1.29 is 19.0 Å². The molecule has 0 radical (unpaired) electrons. The molecule has 1 aliphatic rings. The lowest BCUT2D eigenvalue weighted by molar-refractivity contribution is 0.199. The summed E-state index contributed by atoms with van der Waals surface area (Å²) in [5.41, 5.74) is 0.965. The smallest absolute Gasteiger partial charge is 0.161 e. The van der Waals surface area contributed by atoms with Gasteiger partial charge in [0, 0.05) is 16.8 Å². The molecule has 23 heavy (non-hydrogen) atoms. The van der Waals surface area contributed by atoms with Gasteiger partial charge in [-0.05, 0) is 35.6 Å². The molecule has 2 aromatic rings. The first kappa shape index (κ1) is 15.5. The number of ether oxygens (including phenoxy) is 2. The van der Waals surface area contributed by atoms with Crippen molar-refractivity contribution in [2.24, 2.45) is 5.92 Å². The van der Waals surface area contributed by atoms with Gasteiger partial charge in [-0.15, -0.1) is 0 Å². The van der Waals surface area contributed by atoms with Gasteiger partial charge in [0.05, 0.1) is 33.1 Å². The fourth-order valence-electron chi connectivity index (χ4n) is 2.86. The van der Waals surface area contributed by atoms with E-state index >= 15 is 0 Å². The van der Waals surface area contributed by atoms with Crippen molar-refractivity contribution in [2.75, 3.05) is 14.2 Å². The molecule has 1 aromatic heterocycles. The molecule has 122 valence electrons. The lowest BCUT2D eigenvalue weighted by Gasteiger charge is -2.25. The topological polar surface area (TPSA) is 63.9 Å². The normalized spacial score (nSPS) is 19.7. The molecule has 1 aliphatic carbocycles. The summed E-state index contributed by atoms with van der Waals surface area (Å²) in [6.45, 7) is 2.55. The number of hydrogen-bond donors (Lipinski definition) is 2. The standard InChI is InChI=1S/C18H21NO4/c1-11-15(20)7-12-8-16(21-2)17(22-3)9-14(12)18(11)19-10-13-5-4-6-23-13/h4-9,11,15,19-20H,10H2,1-3H3. The van der Waals surface area contributed by atoms with Gasteiger partial charge in [-0.25, -0.2) is 0 Å². The first-order valence-corrected chi connectivity index (χ1v) is 7.56. The van der Waals surface area contributed by atoms with Crippen molar-refractivity contribution in [3.8, 4) is 11.5 Å². The number of aliphatic hydroxyl groups excluding tert-OH is 1. The molecule has 0 amide bonds. The fourth-order valence-corrected chi connectivity index (χ4v) is 2.86. The highest BCUT2D eigenvalue weighted by molar-refractivity contribution is 5.58. The van der Waals surface area contributed by atoms with Gasteiger partial charge in [-0.2, -0.15) is 0 Å². The summed E-state index contributed by atoms with van der Waals surface area (Å²) in [4.78, 5) is 0. The van der Waals surface area contributed by atoms with E-state index in [1.165, 1.54) is 0 Å². The van der Waals surface area contributed by atoms with Crippen molar-refractivity contribution in [3.05, 3.63) is 46.7 Å². The summed E-state index contributed by atoms with van der Waals surface area (Å²) in [5, 5.41) is 15.7.